The van der Waals surface area contributed by atoms with Crippen LogP contribution >= 0.6 is 0 Å². The maximum atomic E-state index is 2.39. The predicted octanol–water partition coefficient (Wildman–Crippen LogP) is 6.76. The van der Waals surface area contributed by atoms with Crippen LogP contribution in [0.15, 0.2) is 109 Å². The van der Waals surface area contributed by atoms with Crippen molar-refractivity contribution in [1.29, 1.82) is 0 Å². The first-order valence-corrected chi connectivity index (χ1v) is 17.6. The Morgan fingerprint density at radius 3 is 1.03 bits per heavy atom. The van der Waals surface area contributed by atoms with E-state index in [0.29, 0.717) is 26.3 Å². The summed E-state index contributed by atoms with van der Waals surface area (Å²) < 4.78 is 3.06. The van der Waals surface area contributed by atoms with Crippen LogP contribution < -0.4 is 8.92 Å². The van der Waals surface area contributed by atoms with E-state index in [2.05, 4.69) is 109 Å². The Kier molecular flexibility index (Phi) is 4.06. The molecule has 0 saturated carbocycles. The van der Waals surface area contributed by atoms with Crippen molar-refractivity contribution in [1.82, 2.24) is 0 Å². The molecule has 0 atom stereocenters. The van der Waals surface area contributed by atoms with E-state index in [-0.39, 0.29) is 0 Å². The molecule has 0 radical (unpaired) electrons. The van der Waals surface area contributed by atoms with Gasteiger partial charge < -0.3 is 0 Å². The van der Waals surface area contributed by atoms with Crippen LogP contribution in [0.5, 0.6) is 0 Å². The van der Waals surface area contributed by atoms with E-state index in [0.717, 1.165) is 0 Å². The van der Waals surface area contributed by atoms with E-state index >= 15 is 0 Å². The minimum absolute atomic E-state index is 0.415. The van der Waals surface area contributed by atoms with Crippen LogP contribution in [0.2, 0.25) is 0 Å². The van der Waals surface area contributed by atoms with Gasteiger partial charge in [0.1, 0.15) is 0 Å². The summed E-state index contributed by atoms with van der Waals surface area (Å²) in [5.41, 5.74) is 0. The zero-order valence-electron chi connectivity index (χ0n) is 18.2. The van der Waals surface area contributed by atoms with Gasteiger partial charge in [0.25, 0.3) is 0 Å². The van der Waals surface area contributed by atoms with E-state index in [1.54, 1.807) is 0 Å². The van der Waals surface area contributed by atoms with Gasteiger partial charge in [-0.25, -0.2) is 0 Å². The van der Waals surface area contributed by atoms with Crippen molar-refractivity contribution in [3.05, 3.63) is 109 Å². The Labute approximate surface area is 208 Å². The van der Waals surface area contributed by atoms with Crippen LogP contribution in [-0.2, 0) is 0 Å². The molecule has 0 aliphatic carbocycles. The molecule has 0 unspecified atom stereocenters. The molecule has 0 aliphatic heterocycles. The standard InChI is InChI=1S/C32H18Se2/c1-3-19-7-9-23-13-17-27(25-15-11-21(5-1)29(19)31(23)25)33-34-28-18-14-24-10-8-20-4-2-6-22-12-16-26(28)32(24)30(20)22/h1-18H. The van der Waals surface area contributed by atoms with Crippen LogP contribution in [0.4, 0.5) is 0 Å². The van der Waals surface area contributed by atoms with Crippen molar-refractivity contribution in [2.75, 3.05) is 0 Å². The van der Waals surface area contributed by atoms with Gasteiger partial charge in [0.2, 0.25) is 0 Å². The van der Waals surface area contributed by atoms with Gasteiger partial charge in [-0.15, -0.1) is 0 Å². The molecule has 2 heteroatoms. The number of hydrogen-bond acceptors (Lipinski definition) is 0. The molecule has 0 aromatic heterocycles. The molecule has 0 bridgehead atoms. The van der Waals surface area contributed by atoms with Gasteiger partial charge in [-0.2, -0.15) is 0 Å². The third-order valence-electron chi connectivity index (χ3n) is 7.20. The van der Waals surface area contributed by atoms with Crippen LogP contribution in [0.3, 0.4) is 0 Å². The Bertz CT molecular complexity index is 1840. The summed E-state index contributed by atoms with van der Waals surface area (Å²) in [6.07, 6.45) is 0. The summed E-state index contributed by atoms with van der Waals surface area (Å²) in [5.74, 6) is 0. The first kappa shape index (κ1) is 19.2. The zero-order valence-corrected chi connectivity index (χ0v) is 21.6. The Morgan fingerprint density at radius 2 is 0.618 bits per heavy atom. The molecule has 0 amide bonds. The van der Waals surface area contributed by atoms with Crippen molar-refractivity contribution in [3.8, 4) is 0 Å². The second kappa shape index (κ2) is 7.19. The van der Waals surface area contributed by atoms with Crippen molar-refractivity contribution in [3.63, 3.8) is 0 Å². The van der Waals surface area contributed by atoms with Crippen LogP contribution in [-0.4, -0.2) is 26.3 Å². The summed E-state index contributed by atoms with van der Waals surface area (Å²) in [4.78, 5) is 0. The van der Waals surface area contributed by atoms with Gasteiger partial charge >= 0.3 is 209 Å². The average Bonchev–Trinajstić information content (AvgIpc) is 2.90. The Balaban J connectivity index is 1.29. The van der Waals surface area contributed by atoms with Gasteiger partial charge in [-0.1, -0.05) is 0 Å². The normalized spacial score (nSPS) is 12.4. The van der Waals surface area contributed by atoms with E-state index in [4.69, 9.17) is 0 Å². The molecule has 0 aliphatic rings. The minimum atomic E-state index is 0.415. The fourth-order valence-corrected chi connectivity index (χ4v) is 12.8. The van der Waals surface area contributed by atoms with E-state index in [1.807, 2.05) is 0 Å². The summed E-state index contributed by atoms with van der Waals surface area (Å²) in [5, 5.41) is 16.7. The SMILES string of the molecule is c1cc2ccc3ccc([Se][Se]c4ccc5ccc6cccc7ccc4c5c67)c4ccc(c1)c2c34. The van der Waals surface area contributed by atoms with E-state index < -0.39 is 0 Å². The van der Waals surface area contributed by atoms with Gasteiger partial charge in [0, 0.05) is 0 Å². The molecule has 0 heterocycles. The number of benzene rings is 8. The predicted molar refractivity (Wildman–Crippen MR) is 151 cm³/mol. The monoisotopic (exact) mass is 562 g/mol. The van der Waals surface area contributed by atoms with Crippen LogP contribution in [0, 0.1) is 0 Å². The second-order valence-corrected chi connectivity index (χ2v) is 15.2. The van der Waals surface area contributed by atoms with Crippen LogP contribution in [0.25, 0.3) is 64.6 Å². The molecule has 158 valence electrons. The fraction of sp³-hybridized carbons (Fsp3) is 0. The first-order valence-electron chi connectivity index (χ1n) is 11.5. The zero-order chi connectivity index (χ0) is 22.2. The topological polar surface area (TPSA) is 0 Å². The molecule has 0 saturated heterocycles. The molecule has 0 spiro atoms. The molecule has 8 aromatic carbocycles. The number of rotatable bonds is 3. The first-order chi connectivity index (χ1) is 16.8. The summed E-state index contributed by atoms with van der Waals surface area (Å²) in [6, 6.07) is 41.2. The third kappa shape index (κ3) is 2.66. The fourth-order valence-electron chi connectivity index (χ4n) is 5.65. The van der Waals surface area contributed by atoms with Gasteiger partial charge in [0.05, 0.1) is 0 Å². The van der Waals surface area contributed by atoms with E-state index in [1.165, 1.54) is 73.6 Å². The molecule has 0 fully saturated rings. The van der Waals surface area contributed by atoms with E-state index in [9.17, 15) is 0 Å². The number of hydrogen-bond donors (Lipinski definition) is 0. The molecule has 34 heavy (non-hydrogen) atoms. The van der Waals surface area contributed by atoms with Gasteiger partial charge in [-0.05, 0) is 0 Å². The Hall–Kier alpha value is -3.12. The van der Waals surface area contributed by atoms with Crippen molar-refractivity contribution < 1.29 is 0 Å². The maximum absolute atomic E-state index is 2.39. The molecule has 0 nitrogen and oxygen atoms in total. The second-order valence-electron chi connectivity index (χ2n) is 9.01. The van der Waals surface area contributed by atoms with Crippen LogP contribution in [0.1, 0.15) is 0 Å². The summed E-state index contributed by atoms with van der Waals surface area (Å²) in [6.45, 7) is 0. The summed E-state index contributed by atoms with van der Waals surface area (Å²) in [7, 11) is 0. The van der Waals surface area contributed by atoms with Crippen molar-refractivity contribution in [2.24, 2.45) is 0 Å². The molecule has 8 rings (SSSR count). The molecular weight excluding hydrogens is 542 g/mol. The van der Waals surface area contributed by atoms with Gasteiger partial charge in [0.15, 0.2) is 0 Å². The van der Waals surface area contributed by atoms with Crippen molar-refractivity contribution in [2.45, 2.75) is 0 Å². The third-order valence-corrected chi connectivity index (χ3v) is 14.4. The van der Waals surface area contributed by atoms with Gasteiger partial charge in [-0.3, -0.25) is 0 Å². The summed E-state index contributed by atoms with van der Waals surface area (Å²) >= 11 is 0.830. The quantitative estimate of drug-likeness (QED) is 0.166. The molecular formula is C32H18Se2. The molecule has 8 aromatic rings. The Morgan fingerprint density at radius 1 is 0.294 bits per heavy atom. The molecule has 0 N–H and O–H groups in total. The average molecular weight is 560 g/mol. The van der Waals surface area contributed by atoms with Crippen molar-refractivity contribution >= 4 is 99.8 Å².